The Morgan fingerprint density at radius 3 is 2.68 bits per heavy atom. The Morgan fingerprint density at radius 2 is 1.91 bits per heavy atom. The van der Waals surface area contributed by atoms with Crippen molar-refractivity contribution in [2.75, 3.05) is 18.4 Å². The van der Waals surface area contributed by atoms with E-state index in [-0.39, 0.29) is 11.9 Å². The first-order valence-electron chi connectivity index (χ1n) is 11.2. The van der Waals surface area contributed by atoms with E-state index >= 15 is 0 Å². The van der Waals surface area contributed by atoms with Gasteiger partial charge in [-0.3, -0.25) is 9.78 Å². The molecule has 168 valence electrons. The molecule has 7 heteroatoms. The van der Waals surface area contributed by atoms with Crippen LogP contribution in [0.25, 0.3) is 21.9 Å². The minimum absolute atomic E-state index is 0.0170. The SMILES string of the molecule is N#Cc1cccc(-c2cc(NC3CCN(C(=O)c4ccc(Cl)nc4)CC3)c3cnccc3c2)c1. The molecule has 1 amide bonds. The molecule has 0 spiro atoms. The minimum Gasteiger partial charge on any atom is -0.382 e. The van der Waals surface area contributed by atoms with Crippen LogP contribution in [0.4, 0.5) is 5.69 Å². The topological polar surface area (TPSA) is 81.9 Å². The van der Waals surface area contributed by atoms with Gasteiger partial charge in [-0.2, -0.15) is 5.26 Å². The monoisotopic (exact) mass is 467 g/mol. The van der Waals surface area contributed by atoms with Crippen molar-refractivity contribution in [3.63, 3.8) is 0 Å². The van der Waals surface area contributed by atoms with Crippen molar-refractivity contribution < 1.29 is 4.79 Å². The van der Waals surface area contributed by atoms with Gasteiger partial charge in [0.2, 0.25) is 0 Å². The second-order valence-corrected chi connectivity index (χ2v) is 8.78. The van der Waals surface area contributed by atoms with Gasteiger partial charge in [0.05, 0.1) is 17.2 Å². The van der Waals surface area contributed by atoms with Crippen LogP contribution in [0, 0.1) is 11.3 Å². The van der Waals surface area contributed by atoms with E-state index in [4.69, 9.17) is 11.6 Å². The number of piperidine rings is 1. The molecule has 0 unspecified atom stereocenters. The highest BCUT2D eigenvalue weighted by molar-refractivity contribution is 6.29. The highest BCUT2D eigenvalue weighted by atomic mass is 35.5. The molecule has 0 saturated carbocycles. The second kappa shape index (κ2) is 9.50. The molecule has 1 aliphatic rings. The lowest BCUT2D eigenvalue weighted by molar-refractivity contribution is 0.0718. The maximum absolute atomic E-state index is 12.8. The molecule has 1 N–H and O–H groups in total. The van der Waals surface area contributed by atoms with Crippen molar-refractivity contribution >= 4 is 34.0 Å². The van der Waals surface area contributed by atoms with Gasteiger partial charge in [-0.05, 0) is 71.8 Å². The van der Waals surface area contributed by atoms with E-state index in [1.165, 1.54) is 6.20 Å². The molecule has 4 aromatic rings. The Bertz CT molecular complexity index is 1390. The molecular formula is C27H22ClN5O. The number of pyridine rings is 2. The third-order valence-corrected chi connectivity index (χ3v) is 6.42. The number of nitrogens with one attached hydrogen (secondary N) is 1. The summed E-state index contributed by atoms with van der Waals surface area (Å²) in [5, 5.41) is 15.5. The molecule has 2 aromatic heterocycles. The van der Waals surface area contributed by atoms with Crippen LogP contribution in [0.2, 0.25) is 5.15 Å². The lowest BCUT2D eigenvalue weighted by Gasteiger charge is -2.33. The molecule has 1 aliphatic heterocycles. The number of nitrogens with zero attached hydrogens (tertiary/aromatic N) is 4. The number of hydrogen-bond acceptors (Lipinski definition) is 5. The summed E-state index contributed by atoms with van der Waals surface area (Å²) in [5.74, 6) is -0.0170. The van der Waals surface area contributed by atoms with Gasteiger partial charge in [0, 0.05) is 48.8 Å². The number of anilines is 1. The van der Waals surface area contributed by atoms with Gasteiger partial charge in [-0.15, -0.1) is 0 Å². The van der Waals surface area contributed by atoms with E-state index in [0.717, 1.165) is 40.4 Å². The van der Waals surface area contributed by atoms with E-state index in [0.29, 0.717) is 29.4 Å². The predicted molar refractivity (Wildman–Crippen MR) is 134 cm³/mol. The number of hydrogen-bond donors (Lipinski definition) is 1. The van der Waals surface area contributed by atoms with Gasteiger partial charge in [0.25, 0.3) is 5.91 Å². The molecule has 6 nitrogen and oxygen atoms in total. The first-order chi connectivity index (χ1) is 16.6. The summed E-state index contributed by atoms with van der Waals surface area (Å²) in [6.45, 7) is 1.33. The second-order valence-electron chi connectivity index (χ2n) is 8.39. The van der Waals surface area contributed by atoms with Crippen molar-refractivity contribution in [3.05, 3.63) is 89.5 Å². The zero-order valence-corrected chi connectivity index (χ0v) is 19.2. The van der Waals surface area contributed by atoms with E-state index in [1.54, 1.807) is 18.3 Å². The maximum atomic E-state index is 12.8. The number of rotatable bonds is 4. The van der Waals surface area contributed by atoms with Crippen molar-refractivity contribution in [3.8, 4) is 17.2 Å². The fraction of sp³-hybridized carbons (Fsp3) is 0.185. The van der Waals surface area contributed by atoms with Crippen LogP contribution < -0.4 is 5.32 Å². The standard InChI is InChI=1S/C27H22ClN5O/c28-26-5-4-21(16-31-26)27(34)33-10-7-23(8-11-33)32-25-14-22(13-20-6-9-30-17-24(20)25)19-3-1-2-18(12-19)15-29/h1-6,9,12-14,16-17,23,32H,7-8,10-11H2. The van der Waals surface area contributed by atoms with Crippen LogP contribution in [0.3, 0.4) is 0 Å². The fourth-order valence-corrected chi connectivity index (χ4v) is 4.50. The van der Waals surface area contributed by atoms with Gasteiger partial charge < -0.3 is 10.2 Å². The van der Waals surface area contributed by atoms with E-state index < -0.39 is 0 Å². The van der Waals surface area contributed by atoms with Crippen LogP contribution in [0.1, 0.15) is 28.8 Å². The fourth-order valence-electron chi connectivity index (χ4n) is 4.38. The van der Waals surface area contributed by atoms with Gasteiger partial charge in [-0.1, -0.05) is 23.7 Å². The Morgan fingerprint density at radius 1 is 1.06 bits per heavy atom. The summed E-state index contributed by atoms with van der Waals surface area (Å²) < 4.78 is 0. The van der Waals surface area contributed by atoms with E-state index in [1.807, 2.05) is 41.4 Å². The van der Waals surface area contributed by atoms with Gasteiger partial charge in [-0.25, -0.2) is 4.98 Å². The van der Waals surface area contributed by atoms with Crippen molar-refractivity contribution in [2.45, 2.75) is 18.9 Å². The average Bonchev–Trinajstić information content (AvgIpc) is 2.89. The average molecular weight is 468 g/mol. The van der Waals surface area contributed by atoms with Crippen LogP contribution >= 0.6 is 11.6 Å². The first-order valence-corrected chi connectivity index (χ1v) is 11.5. The van der Waals surface area contributed by atoms with Crippen LogP contribution in [0.15, 0.2) is 73.2 Å². The lowest BCUT2D eigenvalue weighted by atomic mass is 9.98. The largest absolute Gasteiger partial charge is 0.382 e. The third-order valence-electron chi connectivity index (χ3n) is 6.20. The number of likely N-dealkylation sites (tertiary alicyclic amines) is 1. The van der Waals surface area contributed by atoms with Crippen molar-refractivity contribution in [1.82, 2.24) is 14.9 Å². The number of nitriles is 1. The molecule has 0 bridgehead atoms. The summed E-state index contributed by atoms with van der Waals surface area (Å²) in [5.41, 5.74) is 4.24. The molecule has 0 radical (unpaired) electrons. The van der Waals surface area contributed by atoms with Crippen molar-refractivity contribution in [1.29, 1.82) is 5.26 Å². The number of halogens is 1. The molecule has 0 aliphatic carbocycles. The van der Waals surface area contributed by atoms with E-state index in [9.17, 15) is 10.1 Å². The number of benzene rings is 2. The van der Waals surface area contributed by atoms with E-state index in [2.05, 4.69) is 33.5 Å². The normalized spacial score (nSPS) is 14.1. The zero-order valence-electron chi connectivity index (χ0n) is 18.4. The smallest absolute Gasteiger partial charge is 0.255 e. The molecular weight excluding hydrogens is 446 g/mol. The van der Waals surface area contributed by atoms with Gasteiger partial charge in [0.1, 0.15) is 5.15 Å². The number of carbonyl (C=O) groups excluding carboxylic acids is 1. The summed E-state index contributed by atoms with van der Waals surface area (Å²) in [7, 11) is 0. The van der Waals surface area contributed by atoms with Gasteiger partial charge >= 0.3 is 0 Å². The highest BCUT2D eigenvalue weighted by Crippen LogP contribution is 2.32. The summed E-state index contributed by atoms with van der Waals surface area (Å²) in [6, 6.07) is 19.7. The van der Waals surface area contributed by atoms with Crippen LogP contribution in [-0.2, 0) is 0 Å². The Hall–Kier alpha value is -3.95. The first kappa shape index (κ1) is 21.9. The highest BCUT2D eigenvalue weighted by Gasteiger charge is 2.24. The molecule has 2 aromatic carbocycles. The van der Waals surface area contributed by atoms with Crippen LogP contribution in [0.5, 0.6) is 0 Å². The Balaban J connectivity index is 1.35. The third kappa shape index (κ3) is 4.57. The Kier molecular flexibility index (Phi) is 6.11. The van der Waals surface area contributed by atoms with Gasteiger partial charge in [0.15, 0.2) is 0 Å². The quantitative estimate of drug-likeness (QED) is 0.398. The molecule has 1 fully saturated rings. The summed E-state index contributed by atoms with van der Waals surface area (Å²) in [4.78, 5) is 23.0. The Labute approximate surface area is 202 Å². The summed E-state index contributed by atoms with van der Waals surface area (Å²) in [6.07, 6.45) is 6.86. The zero-order chi connectivity index (χ0) is 23.5. The maximum Gasteiger partial charge on any atom is 0.255 e. The lowest BCUT2D eigenvalue weighted by Crippen LogP contribution is -2.42. The number of amides is 1. The molecule has 0 atom stereocenters. The van der Waals surface area contributed by atoms with Crippen molar-refractivity contribution in [2.24, 2.45) is 0 Å². The molecule has 34 heavy (non-hydrogen) atoms. The molecule has 1 saturated heterocycles. The number of carbonyl (C=O) groups is 1. The molecule has 5 rings (SSSR count). The number of fused-ring (bicyclic) bond motifs is 1. The predicted octanol–water partition coefficient (Wildman–Crippen LogP) is 5.54. The minimum atomic E-state index is -0.0170. The summed E-state index contributed by atoms with van der Waals surface area (Å²) >= 11 is 5.84. The molecule has 3 heterocycles. The van der Waals surface area contributed by atoms with Crippen LogP contribution in [-0.4, -0.2) is 39.9 Å². The number of aromatic nitrogens is 2.